The number of aryl methyl sites for hydroxylation is 1. The van der Waals surface area contributed by atoms with Crippen LogP contribution in [0.5, 0.6) is 11.5 Å². The Balaban J connectivity index is 1.35. The van der Waals surface area contributed by atoms with Crippen molar-refractivity contribution in [2.45, 2.75) is 47.3 Å². The number of rotatable bonds is 10. The maximum atomic E-state index is 14.1. The van der Waals surface area contributed by atoms with Gasteiger partial charge in [-0.25, -0.2) is 14.2 Å². The van der Waals surface area contributed by atoms with E-state index in [4.69, 9.17) is 19.2 Å². The van der Waals surface area contributed by atoms with Crippen LogP contribution in [0.15, 0.2) is 99.9 Å². The minimum absolute atomic E-state index is 0.205. The number of aromatic nitrogens is 2. The molecule has 246 valence electrons. The summed E-state index contributed by atoms with van der Waals surface area (Å²) in [6, 6.07) is 22.8. The lowest BCUT2D eigenvalue weighted by Gasteiger charge is -2.24. The molecule has 48 heavy (non-hydrogen) atoms. The summed E-state index contributed by atoms with van der Waals surface area (Å²) in [4.78, 5) is 32.6. The molecule has 1 aliphatic heterocycles. The zero-order valence-electron chi connectivity index (χ0n) is 27.5. The first-order chi connectivity index (χ1) is 23.2. The molecule has 3 aromatic carbocycles. The predicted molar refractivity (Wildman–Crippen MR) is 184 cm³/mol. The molecule has 0 saturated heterocycles. The highest BCUT2D eigenvalue weighted by Gasteiger charge is 2.33. The standard InChI is InChI=1S/C38H36FN3O5S/c1-6-45-31-15-11-27(12-16-31)35-34(37(44)46-7-2)24(4)40-38-42(35)36(43)33(48-38)21-28-19-23(3)41(25(28)5)30-13-17-32(18-14-30)47-22-26-9-8-10-29(39)20-26/h8-21,35H,6-7,22H2,1-5H3/b33-21-/t35-/m1/s1. The number of fused-ring (bicyclic) bond motifs is 1. The average molecular weight is 666 g/mol. The zero-order valence-corrected chi connectivity index (χ0v) is 28.3. The topological polar surface area (TPSA) is 84.0 Å². The fraction of sp³-hybridized carbons (Fsp3) is 0.237. The van der Waals surface area contributed by atoms with Crippen LogP contribution in [0.4, 0.5) is 4.39 Å². The Morgan fingerprint density at radius 3 is 2.33 bits per heavy atom. The van der Waals surface area contributed by atoms with Crippen molar-refractivity contribution in [1.29, 1.82) is 0 Å². The van der Waals surface area contributed by atoms with Gasteiger partial charge in [0, 0.05) is 17.1 Å². The molecule has 6 rings (SSSR count). The van der Waals surface area contributed by atoms with E-state index in [9.17, 15) is 14.0 Å². The van der Waals surface area contributed by atoms with E-state index in [2.05, 4.69) is 4.57 Å². The molecule has 0 fully saturated rings. The van der Waals surface area contributed by atoms with Crippen LogP contribution in [-0.4, -0.2) is 28.3 Å². The Bertz CT molecular complexity index is 2190. The number of hydrogen-bond donors (Lipinski definition) is 0. The van der Waals surface area contributed by atoms with E-state index in [1.54, 1.807) is 24.5 Å². The normalized spacial score (nSPS) is 14.5. The van der Waals surface area contributed by atoms with E-state index in [0.29, 0.717) is 38.7 Å². The molecule has 8 nitrogen and oxygen atoms in total. The minimum Gasteiger partial charge on any atom is -0.494 e. The van der Waals surface area contributed by atoms with Gasteiger partial charge in [0.05, 0.1) is 35.1 Å². The Morgan fingerprint density at radius 1 is 0.938 bits per heavy atom. The van der Waals surface area contributed by atoms with Crippen molar-refractivity contribution in [1.82, 2.24) is 9.13 Å². The zero-order chi connectivity index (χ0) is 33.9. The second-order valence-electron chi connectivity index (χ2n) is 11.4. The maximum absolute atomic E-state index is 14.1. The van der Waals surface area contributed by atoms with Gasteiger partial charge < -0.3 is 18.8 Å². The van der Waals surface area contributed by atoms with Gasteiger partial charge in [0.1, 0.15) is 23.9 Å². The van der Waals surface area contributed by atoms with E-state index in [1.807, 2.05) is 87.5 Å². The molecule has 0 bridgehead atoms. The Morgan fingerprint density at radius 2 is 1.65 bits per heavy atom. The van der Waals surface area contributed by atoms with Crippen LogP contribution in [0.25, 0.3) is 11.8 Å². The smallest absolute Gasteiger partial charge is 0.338 e. The van der Waals surface area contributed by atoms with Crippen molar-refractivity contribution in [2.75, 3.05) is 13.2 Å². The third-order valence-corrected chi connectivity index (χ3v) is 9.15. The van der Waals surface area contributed by atoms with Gasteiger partial charge >= 0.3 is 5.97 Å². The van der Waals surface area contributed by atoms with Crippen molar-refractivity contribution in [3.8, 4) is 17.2 Å². The third-order valence-electron chi connectivity index (χ3n) is 8.17. The molecule has 0 aliphatic carbocycles. The van der Waals surface area contributed by atoms with E-state index in [1.165, 1.54) is 23.5 Å². The van der Waals surface area contributed by atoms with E-state index < -0.39 is 12.0 Å². The lowest BCUT2D eigenvalue weighted by atomic mass is 9.96. The molecular formula is C38H36FN3O5S. The summed E-state index contributed by atoms with van der Waals surface area (Å²) in [7, 11) is 0. The number of thiazole rings is 1. The molecule has 2 aromatic heterocycles. The number of carbonyl (C=O) groups excluding carboxylic acids is 1. The first kappa shape index (κ1) is 32.7. The van der Waals surface area contributed by atoms with Gasteiger partial charge in [-0.2, -0.15) is 0 Å². The van der Waals surface area contributed by atoms with Crippen molar-refractivity contribution < 1.29 is 23.4 Å². The number of allylic oxidation sites excluding steroid dienone is 1. The number of benzene rings is 3. The molecule has 0 spiro atoms. The van der Waals surface area contributed by atoms with E-state index >= 15 is 0 Å². The molecule has 10 heteroatoms. The van der Waals surface area contributed by atoms with E-state index in [-0.39, 0.29) is 24.6 Å². The van der Waals surface area contributed by atoms with Crippen molar-refractivity contribution in [2.24, 2.45) is 4.99 Å². The van der Waals surface area contributed by atoms with Crippen LogP contribution < -0.4 is 24.4 Å². The fourth-order valence-electron chi connectivity index (χ4n) is 5.98. The number of ether oxygens (including phenoxy) is 3. The molecular weight excluding hydrogens is 629 g/mol. The maximum Gasteiger partial charge on any atom is 0.338 e. The molecule has 0 radical (unpaired) electrons. The number of nitrogens with zero attached hydrogens (tertiary/aromatic N) is 3. The van der Waals surface area contributed by atoms with Crippen molar-refractivity contribution >= 4 is 23.4 Å². The molecule has 3 heterocycles. The number of esters is 1. The molecule has 1 aliphatic rings. The predicted octanol–water partition coefficient (Wildman–Crippen LogP) is 6.32. The highest BCUT2D eigenvalue weighted by atomic mass is 32.1. The molecule has 0 saturated carbocycles. The summed E-state index contributed by atoms with van der Waals surface area (Å²) >= 11 is 1.29. The van der Waals surface area contributed by atoms with Gasteiger partial charge in [0.15, 0.2) is 4.80 Å². The summed E-state index contributed by atoms with van der Waals surface area (Å²) in [6.45, 7) is 10.5. The second-order valence-corrected chi connectivity index (χ2v) is 12.4. The molecule has 0 amide bonds. The first-order valence-electron chi connectivity index (χ1n) is 15.8. The Labute approximate surface area is 281 Å². The van der Waals surface area contributed by atoms with Gasteiger partial charge in [-0.3, -0.25) is 9.36 Å². The summed E-state index contributed by atoms with van der Waals surface area (Å²) in [5.74, 6) is 0.582. The molecule has 0 N–H and O–H groups in total. The second kappa shape index (κ2) is 13.9. The summed E-state index contributed by atoms with van der Waals surface area (Å²) in [6.07, 6.45) is 1.89. The summed E-state index contributed by atoms with van der Waals surface area (Å²) in [5.41, 5.74) is 5.90. The molecule has 5 aromatic rings. The molecule has 1 atom stereocenters. The van der Waals surface area contributed by atoms with Gasteiger partial charge in [0.2, 0.25) is 0 Å². The first-order valence-corrected chi connectivity index (χ1v) is 16.6. The monoisotopic (exact) mass is 665 g/mol. The van der Waals surface area contributed by atoms with Crippen LogP contribution in [-0.2, 0) is 16.1 Å². The van der Waals surface area contributed by atoms with Crippen molar-refractivity contribution in [3.05, 3.63) is 144 Å². The highest BCUT2D eigenvalue weighted by Crippen LogP contribution is 2.32. The quantitative estimate of drug-likeness (QED) is 0.163. The van der Waals surface area contributed by atoms with E-state index in [0.717, 1.165) is 33.8 Å². The van der Waals surface area contributed by atoms with Crippen LogP contribution >= 0.6 is 11.3 Å². The Kier molecular flexibility index (Phi) is 9.45. The van der Waals surface area contributed by atoms with Gasteiger partial charge in [-0.05, 0) is 112 Å². The average Bonchev–Trinajstić information content (AvgIpc) is 3.53. The highest BCUT2D eigenvalue weighted by molar-refractivity contribution is 7.07. The largest absolute Gasteiger partial charge is 0.494 e. The fourth-order valence-corrected chi connectivity index (χ4v) is 7.01. The van der Waals surface area contributed by atoms with Crippen LogP contribution in [0, 0.1) is 19.7 Å². The van der Waals surface area contributed by atoms with Gasteiger partial charge in [0.25, 0.3) is 5.56 Å². The Hall–Kier alpha value is -5.22. The lowest BCUT2D eigenvalue weighted by molar-refractivity contribution is -0.139. The summed E-state index contributed by atoms with van der Waals surface area (Å²) < 4.78 is 34.7. The molecule has 0 unspecified atom stereocenters. The van der Waals surface area contributed by atoms with Crippen LogP contribution in [0.3, 0.4) is 0 Å². The number of hydrogen-bond acceptors (Lipinski definition) is 7. The SMILES string of the molecule is CCOC(=O)C1=C(C)N=c2s/c(=C\c3cc(C)n(-c4ccc(OCc5cccc(F)c5)cc4)c3C)c(=O)n2[C@@H]1c1ccc(OCC)cc1. The van der Waals surface area contributed by atoms with Crippen LogP contribution in [0.1, 0.15) is 54.9 Å². The minimum atomic E-state index is -0.702. The van der Waals surface area contributed by atoms with Crippen LogP contribution in [0.2, 0.25) is 0 Å². The van der Waals surface area contributed by atoms with Gasteiger partial charge in [-0.1, -0.05) is 35.6 Å². The summed E-state index contributed by atoms with van der Waals surface area (Å²) in [5, 5.41) is 0. The third kappa shape index (κ3) is 6.48. The number of carbonyl (C=O) groups is 1. The van der Waals surface area contributed by atoms with Gasteiger partial charge in [-0.15, -0.1) is 0 Å². The lowest BCUT2D eigenvalue weighted by Crippen LogP contribution is -2.39. The van der Waals surface area contributed by atoms with Crippen molar-refractivity contribution in [3.63, 3.8) is 0 Å². The number of halogens is 1.